The molecule has 2 heterocycles. The Morgan fingerprint density at radius 2 is 1.83 bits per heavy atom. The highest BCUT2D eigenvalue weighted by atomic mass is 32.2. The van der Waals surface area contributed by atoms with Crippen molar-refractivity contribution >= 4 is 15.8 Å². The molecule has 1 aromatic heterocycles. The zero-order valence-electron chi connectivity index (χ0n) is 13.4. The van der Waals surface area contributed by atoms with E-state index in [1.165, 1.54) is 16.4 Å². The minimum absolute atomic E-state index is 0.200. The fraction of sp³-hybridized carbons (Fsp3) is 0.375. The van der Waals surface area contributed by atoms with E-state index >= 15 is 0 Å². The molecule has 0 bridgehead atoms. The van der Waals surface area contributed by atoms with Crippen molar-refractivity contribution in [3.63, 3.8) is 0 Å². The molecule has 2 aromatic rings. The van der Waals surface area contributed by atoms with Crippen LogP contribution in [0.4, 0.5) is 10.2 Å². The van der Waals surface area contributed by atoms with Gasteiger partial charge in [-0.25, -0.2) is 22.8 Å². The Morgan fingerprint density at radius 3 is 2.50 bits per heavy atom. The quantitative estimate of drug-likeness (QED) is 0.837. The van der Waals surface area contributed by atoms with E-state index in [4.69, 9.17) is 0 Å². The lowest BCUT2D eigenvalue weighted by molar-refractivity contribution is 0.382. The molecule has 24 heavy (non-hydrogen) atoms. The molecule has 1 fully saturated rings. The number of hydrogen-bond acceptors (Lipinski definition) is 5. The van der Waals surface area contributed by atoms with Gasteiger partial charge in [0.15, 0.2) is 0 Å². The van der Waals surface area contributed by atoms with Crippen LogP contribution in [-0.4, -0.2) is 48.9 Å². The lowest BCUT2D eigenvalue weighted by Crippen LogP contribution is -2.49. The number of hydrogen-bond donors (Lipinski definition) is 0. The molecule has 0 aliphatic carbocycles. The molecule has 0 N–H and O–H groups in total. The number of halogens is 1. The molecule has 0 atom stereocenters. The normalized spacial score (nSPS) is 16.3. The maximum atomic E-state index is 13.7. The van der Waals surface area contributed by atoms with Crippen LogP contribution in [0.3, 0.4) is 0 Å². The highest BCUT2D eigenvalue weighted by molar-refractivity contribution is 7.88. The Labute approximate surface area is 141 Å². The average Bonchev–Trinajstić information content (AvgIpc) is 2.57. The van der Waals surface area contributed by atoms with E-state index in [0.717, 1.165) is 5.82 Å². The number of aryl methyl sites for hydroxylation is 1. The van der Waals surface area contributed by atoms with Gasteiger partial charge >= 0.3 is 0 Å². The summed E-state index contributed by atoms with van der Waals surface area (Å²) < 4.78 is 40.2. The number of benzene rings is 1. The fourth-order valence-electron chi connectivity index (χ4n) is 2.72. The number of rotatable bonds is 4. The van der Waals surface area contributed by atoms with Gasteiger partial charge in [0.05, 0.1) is 5.75 Å². The summed E-state index contributed by atoms with van der Waals surface area (Å²) in [6.07, 6.45) is 1.69. The summed E-state index contributed by atoms with van der Waals surface area (Å²) in [5, 5.41) is 0. The Bertz CT molecular complexity index is 820. The first kappa shape index (κ1) is 16.8. The zero-order valence-corrected chi connectivity index (χ0v) is 14.2. The van der Waals surface area contributed by atoms with E-state index in [0.29, 0.717) is 32.0 Å². The first-order valence-electron chi connectivity index (χ1n) is 7.71. The molecule has 0 saturated carbocycles. The lowest BCUT2D eigenvalue weighted by atomic mass is 10.2. The minimum Gasteiger partial charge on any atom is -0.354 e. The summed E-state index contributed by atoms with van der Waals surface area (Å²) in [7, 11) is -3.54. The average molecular weight is 350 g/mol. The number of sulfonamides is 1. The van der Waals surface area contributed by atoms with E-state index < -0.39 is 15.8 Å². The van der Waals surface area contributed by atoms with Crippen LogP contribution in [0.1, 0.15) is 11.4 Å². The molecule has 1 aliphatic rings. The molecule has 1 saturated heterocycles. The predicted molar refractivity (Wildman–Crippen MR) is 89.6 cm³/mol. The fourth-order valence-corrected chi connectivity index (χ4v) is 4.25. The molecule has 0 unspecified atom stereocenters. The SMILES string of the molecule is Cc1nccc(N2CCN(S(=O)(=O)Cc3ccccc3F)CC2)n1. The van der Waals surface area contributed by atoms with Gasteiger partial charge in [0.25, 0.3) is 0 Å². The molecule has 0 radical (unpaired) electrons. The zero-order chi connectivity index (χ0) is 17.2. The Morgan fingerprint density at radius 1 is 1.12 bits per heavy atom. The van der Waals surface area contributed by atoms with Crippen LogP contribution in [-0.2, 0) is 15.8 Å². The summed E-state index contributed by atoms with van der Waals surface area (Å²) in [4.78, 5) is 10.5. The Balaban J connectivity index is 1.66. The van der Waals surface area contributed by atoms with Crippen LogP contribution in [0.25, 0.3) is 0 Å². The minimum atomic E-state index is -3.54. The third-order valence-corrected chi connectivity index (χ3v) is 5.84. The Hall–Kier alpha value is -2.06. The van der Waals surface area contributed by atoms with Crippen LogP contribution >= 0.6 is 0 Å². The smallest absolute Gasteiger partial charge is 0.218 e. The second kappa shape index (κ2) is 6.82. The van der Waals surface area contributed by atoms with Gasteiger partial charge in [-0.2, -0.15) is 4.31 Å². The standard InChI is InChI=1S/C16H19FN4O2S/c1-13-18-7-6-16(19-13)20-8-10-21(11-9-20)24(22,23)12-14-4-2-3-5-15(14)17/h2-7H,8-12H2,1H3. The van der Waals surface area contributed by atoms with E-state index in [9.17, 15) is 12.8 Å². The van der Waals surface area contributed by atoms with Crippen molar-refractivity contribution in [3.8, 4) is 0 Å². The summed E-state index contributed by atoms with van der Waals surface area (Å²) in [6.45, 7) is 3.64. The number of piperazine rings is 1. The van der Waals surface area contributed by atoms with Crippen LogP contribution in [0, 0.1) is 12.7 Å². The maximum Gasteiger partial charge on any atom is 0.218 e. The molecule has 1 aliphatic heterocycles. The van der Waals surface area contributed by atoms with Crippen molar-refractivity contribution in [1.82, 2.24) is 14.3 Å². The highest BCUT2D eigenvalue weighted by Gasteiger charge is 2.28. The van der Waals surface area contributed by atoms with E-state index in [-0.39, 0.29) is 11.3 Å². The van der Waals surface area contributed by atoms with Crippen molar-refractivity contribution in [1.29, 1.82) is 0 Å². The molecule has 0 amide bonds. The molecular weight excluding hydrogens is 331 g/mol. The van der Waals surface area contributed by atoms with Gasteiger partial charge in [-0.05, 0) is 19.1 Å². The molecule has 6 nitrogen and oxygen atoms in total. The lowest BCUT2D eigenvalue weighted by Gasteiger charge is -2.34. The molecule has 128 valence electrons. The van der Waals surface area contributed by atoms with Gasteiger partial charge in [0, 0.05) is 37.9 Å². The van der Waals surface area contributed by atoms with Crippen molar-refractivity contribution in [2.24, 2.45) is 0 Å². The van der Waals surface area contributed by atoms with E-state index in [2.05, 4.69) is 9.97 Å². The van der Waals surface area contributed by atoms with Crippen molar-refractivity contribution in [2.75, 3.05) is 31.1 Å². The highest BCUT2D eigenvalue weighted by Crippen LogP contribution is 2.18. The third-order valence-electron chi connectivity index (χ3n) is 4.01. The van der Waals surface area contributed by atoms with Crippen LogP contribution in [0.2, 0.25) is 0 Å². The molecule has 3 rings (SSSR count). The van der Waals surface area contributed by atoms with Gasteiger partial charge in [-0.1, -0.05) is 18.2 Å². The van der Waals surface area contributed by atoms with Gasteiger partial charge in [0.2, 0.25) is 10.0 Å². The van der Waals surface area contributed by atoms with Gasteiger partial charge in [-0.3, -0.25) is 0 Å². The van der Waals surface area contributed by atoms with Gasteiger partial charge in [0.1, 0.15) is 17.5 Å². The summed E-state index contributed by atoms with van der Waals surface area (Å²) >= 11 is 0. The van der Waals surface area contributed by atoms with Gasteiger partial charge < -0.3 is 4.90 Å². The topological polar surface area (TPSA) is 66.4 Å². The first-order valence-corrected chi connectivity index (χ1v) is 9.32. The molecule has 8 heteroatoms. The Kier molecular flexibility index (Phi) is 4.77. The first-order chi connectivity index (χ1) is 11.5. The predicted octanol–water partition coefficient (Wildman–Crippen LogP) is 1.58. The number of nitrogens with zero attached hydrogens (tertiary/aromatic N) is 4. The van der Waals surface area contributed by atoms with Crippen molar-refractivity contribution in [2.45, 2.75) is 12.7 Å². The van der Waals surface area contributed by atoms with E-state index in [1.807, 2.05) is 17.9 Å². The summed E-state index contributed by atoms with van der Waals surface area (Å²) in [5.41, 5.74) is 0.200. The third kappa shape index (κ3) is 3.70. The second-order valence-electron chi connectivity index (χ2n) is 5.70. The van der Waals surface area contributed by atoms with Crippen LogP contribution in [0.5, 0.6) is 0 Å². The van der Waals surface area contributed by atoms with Crippen LogP contribution < -0.4 is 4.90 Å². The maximum absolute atomic E-state index is 13.7. The van der Waals surface area contributed by atoms with Crippen molar-refractivity contribution in [3.05, 3.63) is 53.7 Å². The largest absolute Gasteiger partial charge is 0.354 e. The number of aromatic nitrogens is 2. The van der Waals surface area contributed by atoms with Crippen LogP contribution in [0.15, 0.2) is 36.5 Å². The summed E-state index contributed by atoms with van der Waals surface area (Å²) in [6, 6.07) is 7.79. The monoisotopic (exact) mass is 350 g/mol. The molecule has 0 spiro atoms. The molecular formula is C16H19FN4O2S. The number of anilines is 1. The van der Waals surface area contributed by atoms with E-state index in [1.54, 1.807) is 18.3 Å². The second-order valence-corrected chi connectivity index (χ2v) is 7.66. The summed E-state index contributed by atoms with van der Waals surface area (Å²) in [5.74, 6) is 0.679. The molecule has 1 aromatic carbocycles. The van der Waals surface area contributed by atoms with Crippen molar-refractivity contribution < 1.29 is 12.8 Å². The van der Waals surface area contributed by atoms with Gasteiger partial charge in [-0.15, -0.1) is 0 Å².